The van der Waals surface area contributed by atoms with Crippen LogP contribution in [0.25, 0.3) is 0 Å². The molecule has 0 unspecified atom stereocenters. The zero-order valence-electron chi connectivity index (χ0n) is 12.5. The van der Waals surface area contributed by atoms with Gasteiger partial charge in [0.1, 0.15) is 19.6 Å². The molecular weight excluding hydrogens is 257 g/mol. The molecule has 0 fully saturated rings. The predicted molar refractivity (Wildman–Crippen MR) is 79.5 cm³/mol. The lowest BCUT2D eigenvalue weighted by Crippen LogP contribution is -2.45. The van der Waals surface area contributed by atoms with Gasteiger partial charge in [-0.1, -0.05) is 30.9 Å². The van der Waals surface area contributed by atoms with Crippen molar-refractivity contribution in [2.75, 3.05) is 0 Å². The van der Waals surface area contributed by atoms with E-state index in [9.17, 15) is 9.59 Å². The minimum atomic E-state index is -1.08. The normalized spacial score (nSPS) is 12.1. The third kappa shape index (κ3) is 3.76. The second-order valence-corrected chi connectivity index (χ2v) is 5.22. The molecule has 0 saturated heterocycles. The van der Waals surface area contributed by atoms with Gasteiger partial charge in [0.25, 0.3) is 0 Å². The van der Waals surface area contributed by atoms with Crippen LogP contribution in [-0.2, 0) is 4.79 Å². The van der Waals surface area contributed by atoms with Crippen molar-refractivity contribution in [1.82, 2.24) is 5.32 Å². The Bertz CT molecular complexity index is 528. The summed E-state index contributed by atoms with van der Waals surface area (Å²) in [6, 6.07) is 2.61. The molecule has 0 aliphatic carbocycles. The molecule has 1 atom stereocenters. The van der Waals surface area contributed by atoms with E-state index in [1.165, 1.54) is 0 Å². The number of amides is 1. The van der Waals surface area contributed by atoms with Crippen LogP contribution in [0.1, 0.15) is 25.0 Å². The summed E-state index contributed by atoms with van der Waals surface area (Å²) in [7, 11) is 1.95. The summed E-state index contributed by atoms with van der Waals surface area (Å²) in [4.78, 5) is 22.8. The molecule has 1 aromatic rings. The minimum Gasteiger partial charge on any atom is -0.480 e. The molecule has 20 heavy (non-hydrogen) atoms. The van der Waals surface area contributed by atoms with E-state index in [-0.39, 0.29) is 5.92 Å². The maximum atomic E-state index is 11.8. The molecule has 0 radical (unpaired) electrons. The Hall–Kier alpha value is -1.98. The van der Waals surface area contributed by atoms with Crippen LogP contribution in [0.3, 0.4) is 0 Å². The van der Waals surface area contributed by atoms with Gasteiger partial charge in [-0.3, -0.25) is 0 Å². The van der Waals surface area contributed by atoms with E-state index < -0.39 is 18.1 Å². The maximum Gasteiger partial charge on any atom is 0.413 e. The number of hydrogen-bond donors (Lipinski definition) is 2. The molecule has 0 heterocycles. The maximum absolute atomic E-state index is 11.8. The summed E-state index contributed by atoms with van der Waals surface area (Å²) in [5.74, 6) is -0.854. The molecule has 0 spiro atoms. The fourth-order valence-corrected chi connectivity index (χ4v) is 1.81. The van der Waals surface area contributed by atoms with Crippen molar-refractivity contribution in [3.8, 4) is 5.75 Å². The smallest absolute Gasteiger partial charge is 0.413 e. The summed E-state index contributed by atoms with van der Waals surface area (Å²) in [6.07, 6.45) is -0.752. The summed E-state index contributed by atoms with van der Waals surface area (Å²) in [6.45, 7) is 7.29. The van der Waals surface area contributed by atoms with Crippen molar-refractivity contribution in [1.29, 1.82) is 0 Å². The first kappa shape index (κ1) is 16.1. The summed E-state index contributed by atoms with van der Waals surface area (Å²) >= 11 is 0. The van der Waals surface area contributed by atoms with Crippen LogP contribution in [0.15, 0.2) is 12.1 Å². The fraction of sp³-hybridized carbons (Fsp3) is 0.429. The fourth-order valence-electron chi connectivity index (χ4n) is 1.81. The van der Waals surface area contributed by atoms with E-state index in [4.69, 9.17) is 9.84 Å². The Labute approximate surface area is 119 Å². The van der Waals surface area contributed by atoms with Crippen LogP contribution >= 0.6 is 0 Å². The van der Waals surface area contributed by atoms with Crippen LogP contribution in [0.5, 0.6) is 5.75 Å². The highest BCUT2D eigenvalue weighted by atomic mass is 16.6. The largest absolute Gasteiger partial charge is 0.480 e. The van der Waals surface area contributed by atoms with Gasteiger partial charge in [-0.15, -0.1) is 0 Å². The van der Waals surface area contributed by atoms with Crippen molar-refractivity contribution < 1.29 is 19.4 Å². The number of aryl methyl sites for hydroxylation is 1. The first-order chi connectivity index (χ1) is 9.23. The molecule has 0 aliphatic heterocycles. The number of carboxylic acids is 1. The lowest BCUT2D eigenvalue weighted by atomic mass is 9.86. The Kier molecular flexibility index (Phi) is 5.19. The van der Waals surface area contributed by atoms with Gasteiger partial charge in [-0.2, -0.15) is 0 Å². The van der Waals surface area contributed by atoms with Gasteiger partial charge in [-0.05, 0) is 31.4 Å². The first-order valence-electron chi connectivity index (χ1n) is 6.52. The number of hydrogen-bond acceptors (Lipinski definition) is 3. The molecule has 6 heteroatoms. The van der Waals surface area contributed by atoms with Crippen molar-refractivity contribution in [2.45, 2.75) is 33.7 Å². The molecule has 0 aromatic heterocycles. The van der Waals surface area contributed by atoms with Crippen LogP contribution in [0, 0.1) is 19.8 Å². The van der Waals surface area contributed by atoms with Crippen molar-refractivity contribution in [3.05, 3.63) is 23.3 Å². The SMILES string of the molecule is Bc1c(C)ccc(OC(=O)N[C@@H](C(=O)O)C(C)C)c1C. The van der Waals surface area contributed by atoms with Gasteiger partial charge in [-0.25, -0.2) is 9.59 Å². The van der Waals surface area contributed by atoms with E-state index in [0.29, 0.717) is 5.75 Å². The third-order valence-corrected chi connectivity index (χ3v) is 3.42. The molecule has 5 nitrogen and oxygen atoms in total. The van der Waals surface area contributed by atoms with E-state index in [0.717, 1.165) is 16.6 Å². The lowest BCUT2D eigenvalue weighted by molar-refractivity contribution is -0.140. The Morgan fingerprint density at radius 2 is 1.90 bits per heavy atom. The molecule has 0 aliphatic rings. The van der Waals surface area contributed by atoms with E-state index in [1.807, 2.05) is 27.8 Å². The first-order valence-corrected chi connectivity index (χ1v) is 6.52. The monoisotopic (exact) mass is 277 g/mol. The topological polar surface area (TPSA) is 75.6 Å². The molecule has 0 bridgehead atoms. The van der Waals surface area contributed by atoms with Gasteiger partial charge in [0, 0.05) is 0 Å². The zero-order chi connectivity index (χ0) is 15.4. The molecule has 1 amide bonds. The standard InChI is InChI=1S/C14H20BNO4/c1-7(2)12(13(17)18)16-14(19)20-10-6-5-8(3)11(15)9(10)4/h5-7,12H,15H2,1-4H3,(H,16,19)(H,17,18)/t12-/m1/s1. The number of ether oxygens (including phenoxy) is 1. The second-order valence-electron chi connectivity index (χ2n) is 5.22. The number of nitrogens with one attached hydrogen (secondary N) is 1. The van der Waals surface area contributed by atoms with E-state index in [2.05, 4.69) is 5.32 Å². The number of carboxylic acid groups (broad SMARTS) is 1. The van der Waals surface area contributed by atoms with Crippen LogP contribution < -0.4 is 15.5 Å². The summed E-state index contributed by atoms with van der Waals surface area (Å²) in [5.41, 5.74) is 3.03. The number of rotatable bonds is 4. The lowest BCUT2D eigenvalue weighted by Gasteiger charge is -2.18. The predicted octanol–water partition coefficient (Wildman–Crippen LogP) is 0.759. The Morgan fingerprint density at radius 3 is 2.40 bits per heavy atom. The van der Waals surface area contributed by atoms with E-state index in [1.54, 1.807) is 19.9 Å². The van der Waals surface area contributed by atoms with Gasteiger partial charge in [0.05, 0.1) is 0 Å². The van der Waals surface area contributed by atoms with Gasteiger partial charge < -0.3 is 15.2 Å². The molecule has 1 rings (SSSR count). The van der Waals surface area contributed by atoms with Crippen LogP contribution in [0.4, 0.5) is 4.79 Å². The number of benzene rings is 1. The van der Waals surface area contributed by atoms with Crippen LogP contribution in [-0.4, -0.2) is 31.1 Å². The Balaban J connectivity index is 2.81. The van der Waals surface area contributed by atoms with Crippen LogP contribution in [0.2, 0.25) is 0 Å². The molecular formula is C14H20BNO4. The van der Waals surface area contributed by atoms with Crippen molar-refractivity contribution >= 4 is 25.4 Å². The molecule has 1 aromatic carbocycles. The Morgan fingerprint density at radius 1 is 1.30 bits per heavy atom. The summed E-state index contributed by atoms with van der Waals surface area (Å²) < 4.78 is 5.20. The molecule has 2 N–H and O–H groups in total. The highest BCUT2D eigenvalue weighted by Gasteiger charge is 2.24. The van der Waals surface area contributed by atoms with Gasteiger partial charge >= 0.3 is 12.1 Å². The molecule has 0 saturated carbocycles. The van der Waals surface area contributed by atoms with Crippen molar-refractivity contribution in [3.63, 3.8) is 0 Å². The number of carbonyl (C=O) groups excluding carboxylic acids is 1. The van der Waals surface area contributed by atoms with Gasteiger partial charge in [0.2, 0.25) is 0 Å². The summed E-state index contributed by atoms with van der Waals surface area (Å²) in [5, 5.41) is 11.4. The minimum absolute atomic E-state index is 0.221. The highest BCUT2D eigenvalue weighted by molar-refractivity contribution is 6.34. The average Bonchev–Trinajstić information content (AvgIpc) is 2.36. The second kappa shape index (κ2) is 6.46. The van der Waals surface area contributed by atoms with E-state index >= 15 is 0 Å². The highest BCUT2D eigenvalue weighted by Crippen LogP contribution is 2.16. The zero-order valence-corrected chi connectivity index (χ0v) is 12.5. The third-order valence-electron chi connectivity index (χ3n) is 3.42. The number of aliphatic carboxylic acids is 1. The molecule has 108 valence electrons. The van der Waals surface area contributed by atoms with Gasteiger partial charge in [0.15, 0.2) is 0 Å². The van der Waals surface area contributed by atoms with Crippen molar-refractivity contribution in [2.24, 2.45) is 5.92 Å². The quantitative estimate of drug-likeness (QED) is 0.797. The number of carbonyl (C=O) groups is 2. The average molecular weight is 277 g/mol.